The van der Waals surface area contributed by atoms with Gasteiger partial charge in [0.25, 0.3) is 0 Å². The SMILES string of the molecule is O=C1C(c2ccc(OC(F)F)cc2)c2nc(NC3CCC3)ncc2CN1c1ccc2ncccc2c1. The Bertz CT molecular complexity index is 1430. The number of anilines is 2. The number of ether oxygens (including phenoxy) is 1. The Balaban J connectivity index is 1.41. The van der Waals surface area contributed by atoms with E-state index in [1.807, 2.05) is 30.3 Å². The lowest BCUT2D eigenvalue weighted by Gasteiger charge is -2.34. The molecule has 9 heteroatoms. The molecule has 2 aliphatic rings. The van der Waals surface area contributed by atoms with Crippen LogP contribution in [0.1, 0.15) is 42.0 Å². The molecule has 1 N–H and O–H groups in total. The number of halogens is 2. The van der Waals surface area contributed by atoms with E-state index in [0.29, 0.717) is 29.8 Å². The summed E-state index contributed by atoms with van der Waals surface area (Å²) < 4.78 is 29.8. The standard InChI is InChI=1S/C27H23F2N5O2/c28-26(29)36-21-9-6-16(7-10-21)23-24-18(14-31-27(33-24)32-19-4-1-5-19)15-34(25(23)35)20-8-11-22-17(13-20)3-2-12-30-22/h2-3,6-14,19,23,26H,1,4-5,15H2,(H,31,32,33). The van der Waals surface area contributed by atoms with Gasteiger partial charge in [-0.25, -0.2) is 9.97 Å². The third-order valence-corrected chi connectivity index (χ3v) is 6.79. The largest absolute Gasteiger partial charge is 0.435 e. The zero-order valence-electron chi connectivity index (χ0n) is 19.3. The third kappa shape index (κ3) is 4.21. The van der Waals surface area contributed by atoms with Crippen LogP contribution in [-0.4, -0.2) is 33.5 Å². The molecule has 2 aromatic carbocycles. The number of fused-ring (bicyclic) bond motifs is 2. The van der Waals surface area contributed by atoms with E-state index in [2.05, 4.69) is 20.0 Å². The first-order valence-corrected chi connectivity index (χ1v) is 11.9. The fourth-order valence-corrected chi connectivity index (χ4v) is 4.71. The minimum Gasteiger partial charge on any atom is -0.435 e. The number of pyridine rings is 1. The van der Waals surface area contributed by atoms with Gasteiger partial charge in [-0.15, -0.1) is 0 Å². The monoisotopic (exact) mass is 487 g/mol. The van der Waals surface area contributed by atoms with E-state index < -0.39 is 12.5 Å². The molecule has 1 fully saturated rings. The van der Waals surface area contributed by atoms with E-state index in [9.17, 15) is 13.6 Å². The quantitative estimate of drug-likeness (QED) is 0.399. The van der Waals surface area contributed by atoms with Gasteiger partial charge in [-0.3, -0.25) is 9.78 Å². The molecule has 1 saturated carbocycles. The molecule has 7 nitrogen and oxygen atoms in total. The average Bonchev–Trinajstić information content (AvgIpc) is 2.86. The molecule has 1 atom stereocenters. The predicted molar refractivity (Wildman–Crippen MR) is 131 cm³/mol. The van der Waals surface area contributed by atoms with Crippen molar-refractivity contribution in [3.8, 4) is 5.75 Å². The van der Waals surface area contributed by atoms with E-state index in [1.165, 1.54) is 18.6 Å². The first kappa shape index (κ1) is 22.3. The van der Waals surface area contributed by atoms with Crippen LogP contribution in [0.5, 0.6) is 5.75 Å². The van der Waals surface area contributed by atoms with Crippen LogP contribution in [0.25, 0.3) is 10.9 Å². The lowest BCUT2D eigenvalue weighted by Crippen LogP contribution is -2.41. The number of alkyl halides is 2. The molecule has 1 unspecified atom stereocenters. The zero-order chi connectivity index (χ0) is 24.6. The van der Waals surface area contributed by atoms with Crippen molar-refractivity contribution in [2.75, 3.05) is 10.2 Å². The van der Waals surface area contributed by atoms with Crippen molar-refractivity contribution in [3.05, 3.63) is 83.8 Å². The van der Waals surface area contributed by atoms with E-state index in [4.69, 9.17) is 4.98 Å². The maximum absolute atomic E-state index is 14.0. The molecule has 0 bridgehead atoms. The van der Waals surface area contributed by atoms with Crippen LogP contribution in [0.2, 0.25) is 0 Å². The van der Waals surface area contributed by atoms with Crippen molar-refractivity contribution < 1.29 is 18.3 Å². The molecule has 2 aromatic heterocycles. The molecule has 6 rings (SSSR count). The molecular weight excluding hydrogens is 464 g/mol. The van der Waals surface area contributed by atoms with Gasteiger partial charge in [-0.2, -0.15) is 8.78 Å². The topological polar surface area (TPSA) is 80.2 Å². The lowest BCUT2D eigenvalue weighted by molar-refractivity contribution is -0.119. The highest BCUT2D eigenvalue weighted by Crippen LogP contribution is 2.37. The molecule has 3 heterocycles. The number of benzene rings is 2. The van der Waals surface area contributed by atoms with Gasteiger partial charge >= 0.3 is 6.61 Å². The highest BCUT2D eigenvalue weighted by molar-refractivity contribution is 6.02. The van der Waals surface area contributed by atoms with Gasteiger partial charge < -0.3 is 15.0 Å². The molecule has 0 saturated heterocycles. The molecule has 0 radical (unpaired) electrons. The highest BCUT2D eigenvalue weighted by atomic mass is 19.3. The van der Waals surface area contributed by atoms with E-state index in [1.54, 1.807) is 29.4 Å². The minimum absolute atomic E-state index is 0.0335. The molecule has 0 spiro atoms. The zero-order valence-corrected chi connectivity index (χ0v) is 19.3. The summed E-state index contributed by atoms with van der Waals surface area (Å²) in [6, 6.07) is 16.0. The van der Waals surface area contributed by atoms with Gasteiger partial charge in [0.05, 0.1) is 17.8 Å². The van der Waals surface area contributed by atoms with E-state index in [-0.39, 0.29) is 11.7 Å². The number of carbonyl (C=O) groups is 1. The van der Waals surface area contributed by atoms with Gasteiger partial charge in [0.1, 0.15) is 11.7 Å². The Labute approximate surface area is 206 Å². The minimum atomic E-state index is -2.92. The van der Waals surface area contributed by atoms with Crippen LogP contribution in [0, 0.1) is 0 Å². The van der Waals surface area contributed by atoms with Crippen molar-refractivity contribution in [1.82, 2.24) is 15.0 Å². The number of amides is 1. The van der Waals surface area contributed by atoms with Crippen molar-refractivity contribution in [2.24, 2.45) is 0 Å². The molecule has 4 aromatic rings. The van der Waals surface area contributed by atoms with Crippen LogP contribution in [0.4, 0.5) is 20.4 Å². The summed E-state index contributed by atoms with van der Waals surface area (Å²) in [5.74, 6) is -0.337. The number of rotatable bonds is 6. The van der Waals surface area contributed by atoms with E-state index in [0.717, 1.165) is 35.0 Å². The molecule has 1 aliphatic heterocycles. The number of carbonyl (C=O) groups excluding carboxylic acids is 1. The number of nitrogens with zero attached hydrogens (tertiary/aromatic N) is 4. The molecular formula is C27H23F2N5O2. The van der Waals surface area contributed by atoms with Crippen molar-refractivity contribution in [1.29, 1.82) is 0 Å². The second-order valence-electron chi connectivity index (χ2n) is 9.06. The molecule has 36 heavy (non-hydrogen) atoms. The van der Waals surface area contributed by atoms with Crippen molar-refractivity contribution in [3.63, 3.8) is 0 Å². The second-order valence-corrected chi connectivity index (χ2v) is 9.06. The number of hydrogen-bond donors (Lipinski definition) is 1. The Kier molecular flexibility index (Phi) is 5.67. The number of hydrogen-bond acceptors (Lipinski definition) is 6. The van der Waals surface area contributed by atoms with Crippen LogP contribution >= 0.6 is 0 Å². The maximum atomic E-state index is 14.0. The van der Waals surface area contributed by atoms with Gasteiger partial charge in [0.15, 0.2) is 0 Å². The Morgan fingerprint density at radius 1 is 1.06 bits per heavy atom. The van der Waals surface area contributed by atoms with Gasteiger partial charge in [-0.05, 0) is 61.2 Å². The summed E-state index contributed by atoms with van der Waals surface area (Å²) in [5, 5.41) is 4.28. The number of aromatic nitrogens is 3. The summed E-state index contributed by atoms with van der Waals surface area (Å²) in [4.78, 5) is 29.3. The summed E-state index contributed by atoms with van der Waals surface area (Å²) >= 11 is 0. The summed E-state index contributed by atoms with van der Waals surface area (Å²) in [7, 11) is 0. The first-order valence-electron chi connectivity index (χ1n) is 11.9. The lowest BCUT2D eigenvalue weighted by atomic mass is 9.87. The fourth-order valence-electron chi connectivity index (χ4n) is 4.71. The summed E-state index contributed by atoms with van der Waals surface area (Å²) in [5.41, 5.74) is 3.68. The van der Waals surface area contributed by atoms with Crippen molar-refractivity contribution in [2.45, 2.75) is 44.4 Å². The Morgan fingerprint density at radius 3 is 2.64 bits per heavy atom. The highest BCUT2D eigenvalue weighted by Gasteiger charge is 2.37. The Morgan fingerprint density at radius 2 is 1.89 bits per heavy atom. The normalized spacial score (nSPS) is 17.7. The number of nitrogens with one attached hydrogen (secondary N) is 1. The third-order valence-electron chi connectivity index (χ3n) is 6.79. The van der Waals surface area contributed by atoms with Crippen molar-refractivity contribution >= 4 is 28.4 Å². The van der Waals surface area contributed by atoms with Gasteiger partial charge in [0.2, 0.25) is 11.9 Å². The van der Waals surface area contributed by atoms with Gasteiger partial charge in [-0.1, -0.05) is 18.2 Å². The van der Waals surface area contributed by atoms with Crippen LogP contribution in [0.3, 0.4) is 0 Å². The van der Waals surface area contributed by atoms with Crippen LogP contribution < -0.4 is 15.0 Å². The second kappa shape index (κ2) is 9.14. The molecule has 182 valence electrons. The summed E-state index contributed by atoms with van der Waals surface area (Å²) in [6.07, 6.45) is 6.81. The summed E-state index contributed by atoms with van der Waals surface area (Å²) in [6.45, 7) is -2.59. The first-order chi connectivity index (χ1) is 17.5. The average molecular weight is 488 g/mol. The van der Waals surface area contributed by atoms with Crippen LogP contribution in [0.15, 0.2) is 67.0 Å². The maximum Gasteiger partial charge on any atom is 0.387 e. The molecule has 1 aliphatic carbocycles. The van der Waals surface area contributed by atoms with E-state index >= 15 is 0 Å². The smallest absolute Gasteiger partial charge is 0.387 e. The van der Waals surface area contributed by atoms with Crippen LogP contribution in [-0.2, 0) is 11.3 Å². The van der Waals surface area contributed by atoms with Gasteiger partial charge in [0, 0.05) is 35.1 Å². The fraction of sp³-hybridized carbons (Fsp3) is 0.259. The molecule has 1 amide bonds. The predicted octanol–water partition coefficient (Wildman–Crippen LogP) is 5.27. The Hall–Kier alpha value is -4.14.